The van der Waals surface area contributed by atoms with Crippen LogP contribution in [-0.2, 0) is 0 Å². The average Bonchev–Trinajstić information content (AvgIpc) is 2.29. The minimum absolute atomic E-state index is 0.300. The number of allylic oxidation sites excluding steroid dienone is 4. The second-order valence-electron chi connectivity index (χ2n) is 5.48. The van der Waals surface area contributed by atoms with Crippen molar-refractivity contribution in [3.05, 3.63) is 53.6 Å². The molecule has 0 amide bonds. The van der Waals surface area contributed by atoms with Crippen molar-refractivity contribution in [2.45, 2.75) is 33.6 Å². The first-order valence-corrected chi connectivity index (χ1v) is 6.04. The Morgan fingerprint density at radius 1 is 1.00 bits per heavy atom. The predicted octanol–water partition coefficient (Wildman–Crippen LogP) is 4.84. The summed E-state index contributed by atoms with van der Waals surface area (Å²) in [5.74, 6) is 0. The smallest absolute Gasteiger partial charge is 0.0170 e. The van der Waals surface area contributed by atoms with E-state index in [9.17, 15) is 0 Å². The van der Waals surface area contributed by atoms with Crippen molar-refractivity contribution < 1.29 is 0 Å². The zero-order valence-electron chi connectivity index (χ0n) is 10.5. The molecule has 0 aromatic heterocycles. The third kappa shape index (κ3) is 2.44. The van der Waals surface area contributed by atoms with Gasteiger partial charge in [-0.25, -0.2) is 0 Å². The molecule has 0 spiro atoms. The highest BCUT2D eigenvalue weighted by molar-refractivity contribution is 5.75. The van der Waals surface area contributed by atoms with Gasteiger partial charge in [0.2, 0.25) is 0 Å². The number of rotatable bonds is 1. The van der Waals surface area contributed by atoms with Crippen molar-refractivity contribution >= 4 is 5.57 Å². The van der Waals surface area contributed by atoms with Crippen molar-refractivity contribution in [3.8, 4) is 0 Å². The molecule has 0 unspecified atom stereocenters. The Morgan fingerprint density at radius 2 is 1.69 bits per heavy atom. The SMILES string of the molecule is CC(C)(C)C1=CC(c2ccccc2)=CCC1. The van der Waals surface area contributed by atoms with Crippen molar-refractivity contribution in [1.29, 1.82) is 0 Å². The molecule has 16 heavy (non-hydrogen) atoms. The molecule has 1 aliphatic rings. The van der Waals surface area contributed by atoms with E-state index in [1.807, 2.05) is 0 Å². The largest absolute Gasteiger partial charge is 0.0763 e. The third-order valence-electron chi connectivity index (χ3n) is 3.18. The molecule has 0 aliphatic heterocycles. The van der Waals surface area contributed by atoms with Crippen LogP contribution in [0.3, 0.4) is 0 Å². The van der Waals surface area contributed by atoms with Gasteiger partial charge in [-0.05, 0) is 29.4 Å². The number of benzene rings is 1. The Balaban J connectivity index is 2.32. The summed E-state index contributed by atoms with van der Waals surface area (Å²) in [6.45, 7) is 6.90. The van der Waals surface area contributed by atoms with Crippen molar-refractivity contribution in [1.82, 2.24) is 0 Å². The molecule has 1 aliphatic carbocycles. The molecule has 0 N–H and O–H groups in total. The van der Waals surface area contributed by atoms with Crippen molar-refractivity contribution in [3.63, 3.8) is 0 Å². The van der Waals surface area contributed by atoms with Gasteiger partial charge in [-0.3, -0.25) is 0 Å². The van der Waals surface area contributed by atoms with Gasteiger partial charge in [0.1, 0.15) is 0 Å². The molecule has 0 bridgehead atoms. The lowest BCUT2D eigenvalue weighted by Gasteiger charge is -2.26. The first-order valence-electron chi connectivity index (χ1n) is 6.04. The van der Waals surface area contributed by atoms with Gasteiger partial charge in [-0.15, -0.1) is 0 Å². The minimum Gasteiger partial charge on any atom is -0.0763 e. The van der Waals surface area contributed by atoms with E-state index >= 15 is 0 Å². The predicted molar refractivity (Wildman–Crippen MR) is 71.2 cm³/mol. The van der Waals surface area contributed by atoms with E-state index < -0.39 is 0 Å². The maximum atomic E-state index is 2.37. The van der Waals surface area contributed by atoms with Crippen LogP contribution in [-0.4, -0.2) is 0 Å². The molecule has 84 valence electrons. The topological polar surface area (TPSA) is 0 Å². The van der Waals surface area contributed by atoms with Gasteiger partial charge in [-0.2, -0.15) is 0 Å². The lowest BCUT2D eigenvalue weighted by molar-refractivity contribution is 0.482. The van der Waals surface area contributed by atoms with Crippen LogP contribution in [0.2, 0.25) is 0 Å². The molecule has 1 aromatic rings. The molecule has 0 saturated heterocycles. The van der Waals surface area contributed by atoms with Gasteiger partial charge >= 0.3 is 0 Å². The highest BCUT2D eigenvalue weighted by Gasteiger charge is 2.19. The zero-order chi connectivity index (χ0) is 11.6. The van der Waals surface area contributed by atoms with Gasteiger partial charge in [-0.1, -0.05) is 68.8 Å². The first kappa shape index (κ1) is 11.2. The lowest BCUT2D eigenvalue weighted by atomic mass is 9.79. The molecule has 0 heteroatoms. The summed E-state index contributed by atoms with van der Waals surface area (Å²) in [7, 11) is 0. The minimum atomic E-state index is 0.300. The molecule has 1 aromatic carbocycles. The maximum Gasteiger partial charge on any atom is -0.0170 e. The van der Waals surface area contributed by atoms with E-state index in [1.54, 1.807) is 5.57 Å². The van der Waals surface area contributed by atoms with Crippen molar-refractivity contribution in [2.24, 2.45) is 5.41 Å². The summed E-state index contributed by atoms with van der Waals surface area (Å²) in [5.41, 5.74) is 4.59. The van der Waals surface area contributed by atoms with E-state index in [0.29, 0.717) is 5.41 Å². The third-order valence-corrected chi connectivity index (χ3v) is 3.18. The Bertz CT molecular complexity index is 413. The Kier molecular flexibility index (Phi) is 3.00. The van der Waals surface area contributed by atoms with E-state index in [2.05, 4.69) is 63.3 Å². The van der Waals surface area contributed by atoms with E-state index in [-0.39, 0.29) is 0 Å². The van der Waals surface area contributed by atoms with Crippen LogP contribution in [0.15, 0.2) is 48.1 Å². The summed E-state index contributed by atoms with van der Waals surface area (Å²) in [5, 5.41) is 0. The van der Waals surface area contributed by atoms with Crippen LogP contribution in [0.4, 0.5) is 0 Å². The second kappa shape index (κ2) is 4.29. The normalized spacial score (nSPS) is 16.7. The molecule has 0 saturated carbocycles. The van der Waals surface area contributed by atoms with Crippen LogP contribution in [0.5, 0.6) is 0 Å². The van der Waals surface area contributed by atoms with Crippen LogP contribution in [0, 0.1) is 5.41 Å². The monoisotopic (exact) mass is 212 g/mol. The molecular formula is C16H20. The summed E-state index contributed by atoms with van der Waals surface area (Å²) < 4.78 is 0. The van der Waals surface area contributed by atoms with Crippen LogP contribution in [0.25, 0.3) is 5.57 Å². The fraction of sp³-hybridized carbons (Fsp3) is 0.375. The standard InChI is InChI=1S/C16H20/c1-16(2,3)15-11-7-10-14(12-15)13-8-5-4-6-9-13/h4-6,8-10,12H,7,11H2,1-3H3. The highest BCUT2D eigenvalue weighted by atomic mass is 14.2. The lowest BCUT2D eigenvalue weighted by Crippen LogP contribution is -2.11. The molecular weight excluding hydrogens is 192 g/mol. The van der Waals surface area contributed by atoms with Gasteiger partial charge in [0.25, 0.3) is 0 Å². The van der Waals surface area contributed by atoms with Crippen LogP contribution in [0.1, 0.15) is 39.2 Å². The molecule has 0 nitrogen and oxygen atoms in total. The van der Waals surface area contributed by atoms with Gasteiger partial charge in [0, 0.05) is 0 Å². The highest BCUT2D eigenvalue weighted by Crippen LogP contribution is 2.35. The molecule has 2 rings (SSSR count). The van der Waals surface area contributed by atoms with Gasteiger partial charge in [0.15, 0.2) is 0 Å². The van der Waals surface area contributed by atoms with E-state index in [0.717, 1.165) is 0 Å². The Labute approximate surface area is 98.7 Å². The molecule has 0 heterocycles. The molecule has 0 fully saturated rings. The Morgan fingerprint density at radius 3 is 2.31 bits per heavy atom. The van der Waals surface area contributed by atoms with Crippen LogP contribution < -0.4 is 0 Å². The second-order valence-corrected chi connectivity index (χ2v) is 5.48. The fourth-order valence-electron chi connectivity index (χ4n) is 2.13. The quantitative estimate of drug-likeness (QED) is 0.625. The molecule has 0 atom stereocenters. The van der Waals surface area contributed by atoms with Crippen LogP contribution >= 0.6 is 0 Å². The summed E-state index contributed by atoms with van der Waals surface area (Å²) in [6.07, 6.45) is 7.11. The van der Waals surface area contributed by atoms with E-state index in [1.165, 1.54) is 24.0 Å². The first-order chi connectivity index (χ1) is 7.57. The average molecular weight is 212 g/mol. The van der Waals surface area contributed by atoms with Gasteiger partial charge < -0.3 is 0 Å². The zero-order valence-corrected chi connectivity index (χ0v) is 10.5. The summed E-state index contributed by atoms with van der Waals surface area (Å²) in [6, 6.07) is 10.7. The number of hydrogen-bond acceptors (Lipinski definition) is 0. The van der Waals surface area contributed by atoms with Crippen molar-refractivity contribution in [2.75, 3.05) is 0 Å². The Hall–Kier alpha value is -1.30. The summed E-state index contributed by atoms with van der Waals surface area (Å²) in [4.78, 5) is 0. The number of hydrogen-bond donors (Lipinski definition) is 0. The van der Waals surface area contributed by atoms with Gasteiger partial charge in [0.05, 0.1) is 0 Å². The molecule has 0 radical (unpaired) electrons. The maximum absolute atomic E-state index is 2.37. The summed E-state index contributed by atoms with van der Waals surface area (Å²) >= 11 is 0. The fourth-order valence-corrected chi connectivity index (χ4v) is 2.13. The van der Waals surface area contributed by atoms with E-state index in [4.69, 9.17) is 0 Å².